The number of aromatic nitrogens is 1. The van der Waals surface area contributed by atoms with Crippen LogP contribution < -0.4 is 0 Å². The third-order valence-corrected chi connectivity index (χ3v) is 11.1. The molecule has 0 aliphatic heterocycles. The Kier molecular flexibility index (Phi) is 12.0. The van der Waals surface area contributed by atoms with Crippen molar-refractivity contribution < 1.29 is 34.4 Å². The molecule has 2 heterocycles. The van der Waals surface area contributed by atoms with Gasteiger partial charge in [0.15, 0.2) is 5.78 Å². The molecule has 0 saturated carbocycles. The van der Waals surface area contributed by atoms with Gasteiger partial charge in [0.2, 0.25) is 0 Å². The van der Waals surface area contributed by atoms with Crippen LogP contribution in [0.15, 0.2) is 125 Å². The number of rotatable bonds is 8. The van der Waals surface area contributed by atoms with Crippen molar-refractivity contribution in [3.63, 3.8) is 0 Å². The van der Waals surface area contributed by atoms with Crippen LogP contribution in [0.5, 0.6) is 0 Å². The first-order valence-corrected chi connectivity index (χ1v) is 19.6. The summed E-state index contributed by atoms with van der Waals surface area (Å²) < 4.78 is 6.66. The molecule has 5 aromatic carbocycles. The molecule has 0 saturated heterocycles. The number of hydrogen-bond acceptors (Lipinski definition) is 4. The predicted molar refractivity (Wildman–Crippen MR) is 230 cm³/mol. The number of hydrogen-bond donors (Lipinski definition) is 1. The van der Waals surface area contributed by atoms with Crippen molar-refractivity contribution in [3.8, 4) is 44.8 Å². The summed E-state index contributed by atoms with van der Waals surface area (Å²) >= 11 is 0. The molecule has 0 unspecified atom stereocenters. The fourth-order valence-corrected chi connectivity index (χ4v) is 8.12. The fraction of sp³-hybridized carbons (Fsp3) is 0.255. The Morgan fingerprint density at radius 3 is 2.27 bits per heavy atom. The summed E-state index contributed by atoms with van der Waals surface area (Å²) in [4.78, 5) is 16.5. The molecule has 287 valence electrons. The van der Waals surface area contributed by atoms with Gasteiger partial charge in [0.05, 0.1) is 0 Å². The van der Waals surface area contributed by atoms with Crippen molar-refractivity contribution >= 4 is 38.3 Å². The minimum absolute atomic E-state index is 0. The van der Waals surface area contributed by atoms with E-state index >= 15 is 0 Å². The van der Waals surface area contributed by atoms with Gasteiger partial charge in [0.1, 0.15) is 17.1 Å². The molecule has 1 aliphatic carbocycles. The molecule has 0 amide bonds. The van der Waals surface area contributed by atoms with Crippen LogP contribution in [-0.2, 0) is 30.3 Å². The number of pyridine rings is 1. The van der Waals surface area contributed by atoms with Crippen LogP contribution in [0.25, 0.3) is 77.3 Å². The van der Waals surface area contributed by atoms with Gasteiger partial charge in [-0.2, -0.15) is 0 Å². The maximum atomic E-state index is 11.7. The van der Waals surface area contributed by atoms with E-state index in [2.05, 4.69) is 119 Å². The van der Waals surface area contributed by atoms with E-state index in [9.17, 15) is 9.90 Å². The standard InChI is InChI=1S/C38H28NO.C13H22O2.Ir/c1-22-17-26(19-31-29-13-7-10-23-11-8-14-30(34(22)31)35(23)29)33-21-25-15-16-39-36(37(25)40-33)27-18-24-9-5-6-12-28(24)32(20-27)38(2,3)4;1-5-10(6-2)12(14)9-13(15)11(7-3)8-4;/h5-17,19-21H,1-4H3;5,9,11,14H,6-8H2,1-4H3;/q-1;;/b;10-5+,12-9-;. The van der Waals surface area contributed by atoms with E-state index in [1.165, 1.54) is 55.6 Å². The summed E-state index contributed by atoms with van der Waals surface area (Å²) in [5.41, 5.74) is 12.2. The quantitative estimate of drug-likeness (QED) is 0.0714. The molecule has 5 heteroatoms. The van der Waals surface area contributed by atoms with E-state index in [1.807, 2.05) is 46.0 Å². The first-order chi connectivity index (χ1) is 26.5. The second kappa shape index (κ2) is 16.6. The van der Waals surface area contributed by atoms with Crippen LogP contribution in [0.3, 0.4) is 0 Å². The average molecular weight is 917 g/mol. The number of aryl methyl sites for hydroxylation is 1. The molecular weight excluding hydrogens is 867 g/mol. The van der Waals surface area contributed by atoms with Gasteiger partial charge < -0.3 is 9.52 Å². The SMILES string of the molecule is C/C=C(CC)/C(O)=C/C(=O)C(CC)CC.Cc1cc(-c2cc3ccnc(-c4[c-]c5ccccc5c(C(C)(C)C)c4)c3o2)cc2c1-c1cccc3cccc-2c13.[Ir]. The number of nitrogens with zero attached hydrogens (tertiary/aromatic N) is 1. The third kappa shape index (κ3) is 7.55. The van der Waals surface area contributed by atoms with Gasteiger partial charge in [-0.3, -0.25) is 9.78 Å². The zero-order chi connectivity index (χ0) is 39.0. The molecule has 0 spiro atoms. The summed E-state index contributed by atoms with van der Waals surface area (Å²) in [6.45, 7) is 16.8. The van der Waals surface area contributed by atoms with E-state index in [1.54, 1.807) is 0 Å². The predicted octanol–water partition coefficient (Wildman–Crippen LogP) is 14.3. The van der Waals surface area contributed by atoms with Crippen molar-refractivity contribution in [3.05, 3.63) is 138 Å². The molecule has 1 N–H and O–H groups in total. The van der Waals surface area contributed by atoms with Crippen molar-refractivity contribution in [2.45, 2.75) is 80.1 Å². The Bertz CT molecular complexity index is 2640. The molecule has 56 heavy (non-hydrogen) atoms. The smallest absolute Gasteiger partial charge is 0.162 e. The van der Waals surface area contributed by atoms with Gasteiger partial charge in [-0.15, -0.1) is 29.1 Å². The number of aliphatic hydroxyl groups excluding tert-OH is 1. The molecule has 1 aliphatic rings. The summed E-state index contributed by atoms with van der Waals surface area (Å²) in [5.74, 6) is 1.06. The number of fused-ring (bicyclic) bond motifs is 5. The Balaban J connectivity index is 0.000000286. The summed E-state index contributed by atoms with van der Waals surface area (Å²) in [6.07, 6.45) is 7.49. The van der Waals surface area contributed by atoms with Crippen molar-refractivity contribution in [1.29, 1.82) is 0 Å². The van der Waals surface area contributed by atoms with Crippen LogP contribution in [-0.4, -0.2) is 15.9 Å². The number of carbonyl (C=O) groups excluding carboxylic acids is 1. The average Bonchev–Trinajstić information content (AvgIpc) is 3.76. The largest absolute Gasteiger partial charge is 0.508 e. The molecule has 0 atom stereocenters. The molecule has 4 nitrogen and oxygen atoms in total. The van der Waals surface area contributed by atoms with E-state index < -0.39 is 0 Å². The number of allylic oxidation sites excluding steroid dienone is 3. The van der Waals surface area contributed by atoms with Crippen LogP contribution >= 0.6 is 0 Å². The van der Waals surface area contributed by atoms with Gasteiger partial charge in [0.25, 0.3) is 0 Å². The zero-order valence-corrected chi connectivity index (χ0v) is 36.0. The maximum absolute atomic E-state index is 11.7. The van der Waals surface area contributed by atoms with Crippen LogP contribution in [0.4, 0.5) is 0 Å². The fourth-order valence-electron chi connectivity index (χ4n) is 8.12. The molecule has 1 radical (unpaired) electrons. The van der Waals surface area contributed by atoms with E-state index in [0.29, 0.717) is 0 Å². The topological polar surface area (TPSA) is 63.3 Å². The number of ketones is 1. The van der Waals surface area contributed by atoms with Gasteiger partial charge >= 0.3 is 0 Å². The molecule has 0 bridgehead atoms. The first-order valence-electron chi connectivity index (χ1n) is 19.6. The Hall–Kier alpha value is -5.09. The molecule has 8 rings (SSSR count). The normalized spacial score (nSPS) is 12.5. The van der Waals surface area contributed by atoms with Gasteiger partial charge in [0, 0.05) is 54.9 Å². The summed E-state index contributed by atoms with van der Waals surface area (Å²) in [6, 6.07) is 36.3. The van der Waals surface area contributed by atoms with E-state index in [0.717, 1.165) is 63.8 Å². The molecule has 2 aromatic heterocycles. The minimum atomic E-state index is -0.0198. The second-order valence-electron chi connectivity index (χ2n) is 15.6. The third-order valence-electron chi connectivity index (χ3n) is 11.1. The zero-order valence-electron chi connectivity index (χ0n) is 33.6. The van der Waals surface area contributed by atoms with Crippen molar-refractivity contribution in [2.24, 2.45) is 5.92 Å². The van der Waals surface area contributed by atoms with Crippen LogP contribution in [0, 0.1) is 18.9 Å². The monoisotopic (exact) mass is 917 g/mol. The number of aliphatic hydroxyl groups is 1. The first kappa shape index (κ1) is 40.6. The molecule has 7 aromatic rings. The number of carbonyl (C=O) groups is 1. The second-order valence-corrected chi connectivity index (χ2v) is 15.6. The van der Waals surface area contributed by atoms with Crippen LogP contribution in [0.2, 0.25) is 0 Å². The summed E-state index contributed by atoms with van der Waals surface area (Å²) in [5, 5.41) is 15.7. The van der Waals surface area contributed by atoms with Crippen LogP contribution in [0.1, 0.15) is 78.9 Å². The molecule has 0 fully saturated rings. The van der Waals surface area contributed by atoms with Gasteiger partial charge in [-0.1, -0.05) is 113 Å². The maximum Gasteiger partial charge on any atom is 0.162 e. The Morgan fingerprint density at radius 1 is 0.875 bits per heavy atom. The Labute approximate surface area is 344 Å². The number of benzene rings is 5. The Morgan fingerprint density at radius 2 is 1.59 bits per heavy atom. The summed E-state index contributed by atoms with van der Waals surface area (Å²) in [7, 11) is 0. The van der Waals surface area contributed by atoms with Crippen molar-refractivity contribution in [2.75, 3.05) is 0 Å². The minimum Gasteiger partial charge on any atom is -0.508 e. The van der Waals surface area contributed by atoms with Gasteiger partial charge in [-0.25, -0.2) is 0 Å². The van der Waals surface area contributed by atoms with E-state index in [4.69, 9.17) is 9.40 Å². The number of furan rings is 1. The van der Waals surface area contributed by atoms with Gasteiger partial charge in [-0.05, 0) is 107 Å². The van der Waals surface area contributed by atoms with E-state index in [-0.39, 0.29) is 43.0 Å². The molecular formula is C51H50IrNO3-. The van der Waals surface area contributed by atoms with Crippen molar-refractivity contribution in [1.82, 2.24) is 4.98 Å².